The molecule has 0 aromatic heterocycles. The van der Waals surface area contributed by atoms with E-state index in [0.717, 1.165) is 25.5 Å². The minimum Gasteiger partial charge on any atom is -0.303 e. The Labute approximate surface area is 109 Å². The van der Waals surface area contributed by atoms with Gasteiger partial charge in [0, 0.05) is 6.42 Å². The third-order valence-corrected chi connectivity index (χ3v) is 3.52. The average molecular weight is 240 g/mol. The first-order chi connectivity index (χ1) is 8.83. The van der Waals surface area contributed by atoms with Crippen LogP contribution in [0.2, 0.25) is 0 Å². The van der Waals surface area contributed by atoms with Crippen LogP contribution in [0.15, 0.2) is 36.4 Å². The third kappa shape index (κ3) is 2.98. The zero-order chi connectivity index (χ0) is 12.8. The molecule has 18 heavy (non-hydrogen) atoms. The van der Waals surface area contributed by atoms with Crippen molar-refractivity contribution in [2.75, 3.05) is 0 Å². The second kappa shape index (κ2) is 6.34. The Morgan fingerprint density at radius 3 is 2.67 bits per heavy atom. The van der Waals surface area contributed by atoms with Crippen molar-refractivity contribution in [2.45, 2.75) is 39.0 Å². The van der Waals surface area contributed by atoms with Gasteiger partial charge in [-0.1, -0.05) is 42.8 Å². The predicted molar refractivity (Wildman–Crippen MR) is 76.9 cm³/mol. The molecule has 0 bridgehead atoms. The van der Waals surface area contributed by atoms with E-state index in [4.69, 9.17) is 0 Å². The number of aryl methyl sites for hydroxylation is 2. The first-order valence-corrected chi connectivity index (χ1v) is 6.74. The van der Waals surface area contributed by atoms with Crippen molar-refractivity contribution in [3.63, 3.8) is 0 Å². The van der Waals surface area contributed by atoms with Gasteiger partial charge in [-0.3, -0.25) is 0 Å². The van der Waals surface area contributed by atoms with E-state index >= 15 is 0 Å². The quantitative estimate of drug-likeness (QED) is 0.538. The Kier molecular flexibility index (Phi) is 4.52. The molecule has 0 aliphatic rings. The Balaban J connectivity index is 2.11. The largest absolute Gasteiger partial charge is 0.303 e. The lowest BCUT2D eigenvalue weighted by atomic mass is 9.95. The number of rotatable bonds is 6. The summed E-state index contributed by atoms with van der Waals surface area (Å²) in [5.74, 6) is 0. The molecule has 0 atom stereocenters. The molecular weight excluding hydrogens is 220 g/mol. The van der Waals surface area contributed by atoms with Crippen molar-refractivity contribution in [3.8, 4) is 0 Å². The highest BCUT2D eigenvalue weighted by Crippen LogP contribution is 2.23. The van der Waals surface area contributed by atoms with Crippen LogP contribution >= 0.6 is 0 Å². The second-order valence-electron chi connectivity index (χ2n) is 4.85. The molecule has 0 spiro atoms. The normalized spacial score (nSPS) is 10.7. The molecule has 0 radical (unpaired) electrons. The van der Waals surface area contributed by atoms with Gasteiger partial charge in [0.2, 0.25) is 0 Å². The van der Waals surface area contributed by atoms with E-state index in [1.54, 1.807) is 0 Å². The summed E-state index contributed by atoms with van der Waals surface area (Å²) < 4.78 is 0. The first kappa shape index (κ1) is 12.8. The SMILES string of the molecule is Cc1ccc2ccccc2c1CCCCCC=O. The smallest absolute Gasteiger partial charge is 0.119 e. The van der Waals surface area contributed by atoms with E-state index in [1.165, 1.54) is 28.3 Å². The number of aldehydes is 1. The number of fused-ring (bicyclic) bond motifs is 1. The van der Waals surface area contributed by atoms with Gasteiger partial charge in [0.25, 0.3) is 0 Å². The zero-order valence-electron chi connectivity index (χ0n) is 11.0. The highest BCUT2D eigenvalue weighted by molar-refractivity contribution is 5.86. The maximum absolute atomic E-state index is 10.3. The van der Waals surface area contributed by atoms with Crippen LogP contribution in [0.1, 0.15) is 36.8 Å². The molecule has 94 valence electrons. The Morgan fingerprint density at radius 1 is 1.00 bits per heavy atom. The molecule has 0 fully saturated rings. The lowest BCUT2D eigenvalue weighted by molar-refractivity contribution is -0.107. The summed E-state index contributed by atoms with van der Waals surface area (Å²) in [5.41, 5.74) is 2.85. The fourth-order valence-corrected chi connectivity index (χ4v) is 2.48. The van der Waals surface area contributed by atoms with Gasteiger partial charge in [0.15, 0.2) is 0 Å². The fourth-order valence-electron chi connectivity index (χ4n) is 2.48. The highest BCUT2D eigenvalue weighted by atomic mass is 16.1. The van der Waals surface area contributed by atoms with Gasteiger partial charge < -0.3 is 4.79 Å². The summed E-state index contributed by atoms with van der Waals surface area (Å²) >= 11 is 0. The van der Waals surface area contributed by atoms with Crippen molar-refractivity contribution in [2.24, 2.45) is 0 Å². The topological polar surface area (TPSA) is 17.1 Å². The minimum atomic E-state index is 0.703. The molecule has 2 rings (SSSR count). The van der Waals surface area contributed by atoms with Crippen LogP contribution in [-0.2, 0) is 11.2 Å². The van der Waals surface area contributed by atoms with Crippen LogP contribution in [0, 0.1) is 6.92 Å². The van der Waals surface area contributed by atoms with Crippen LogP contribution in [0.5, 0.6) is 0 Å². The maximum Gasteiger partial charge on any atom is 0.119 e. The van der Waals surface area contributed by atoms with E-state index in [2.05, 4.69) is 43.3 Å². The van der Waals surface area contributed by atoms with E-state index in [0.29, 0.717) is 6.42 Å². The van der Waals surface area contributed by atoms with Gasteiger partial charge in [0.1, 0.15) is 6.29 Å². The lowest BCUT2D eigenvalue weighted by Gasteiger charge is -2.10. The standard InChI is InChI=1S/C17H20O/c1-14-11-12-15-8-5-6-10-17(15)16(14)9-4-2-3-7-13-18/h5-6,8,10-13H,2-4,7,9H2,1H3. The number of carbonyl (C=O) groups is 1. The average Bonchev–Trinajstić information content (AvgIpc) is 2.41. The molecule has 1 nitrogen and oxygen atoms in total. The van der Waals surface area contributed by atoms with Crippen LogP contribution < -0.4 is 0 Å². The minimum absolute atomic E-state index is 0.703. The van der Waals surface area contributed by atoms with E-state index in [1.807, 2.05) is 0 Å². The summed E-state index contributed by atoms with van der Waals surface area (Å²) in [6.07, 6.45) is 6.17. The molecule has 0 aliphatic carbocycles. The van der Waals surface area contributed by atoms with Gasteiger partial charge in [-0.25, -0.2) is 0 Å². The van der Waals surface area contributed by atoms with Crippen molar-refractivity contribution < 1.29 is 4.79 Å². The van der Waals surface area contributed by atoms with Crippen LogP contribution in [-0.4, -0.2) is 6.29 Å². The summed E-state index contributed by atoms with van der Waals surface area (Å²) in [6.45, 7) is 2.19. The van der Waals surface area contributed by atoms with Crippen molar-refractivity contribution in [3.05, 3.63) is 47.5 Å². The van der Waals surface area contributed by atoms with Gasteiger partial charge in [0.05, 0.1) is 0 Å². The van der Waals surface area contributed by atoms with Gasteiger partial charge >= 0.3 is 0 Å². The van der Waals surface area contributed by atoms with E-state index < -0.39 is 0 Å². The van der Waals surface area contributed by atoms with Crippen LogP contribution in [0.4, 0.5) is 0 Å². The Bertz CT molecular complexity index is 528. The molecule has 0 unspecified atom stereocenters. The second-order valence-corrected chi connectivity index (χ2v) is 4.85. The summed E-state index contributed by atoms with van der Waals surface area (Å²) in [7, 11) is 0. The number of hydrogen-bond donors (Lipinski definition) is 0. The summed E-state index contributed by atoms with van der Waals surface area (Å²) in [6, 6.07) is 13.0. The number of carbonyl (C=O) groups excluding carboxylic acids is 1. The van der Waals surface area contributed by atoms with Crippen molar-refractivity contribution in [1.29, 1.82) is 0 Å². The van der Waals surface area contributed by atoms with Gasteiger partial charge in [-0.15, -0.1) is 0 Å². The van der Waals surface area contributed by atoms with Crippen molar-refractivity contribution >= 4 is 17.1 Å². The molecule has 2 aromatic rings. The molecule has 0 aliphatic heterocycles. The fraction of sp³-hybridized carbons (Fsp3) is 0.353. The van der Waals surface area contributed by atoms with Gasteiger partial charge in [-0.05, 0) is 48.1 Å². The molecule has 0 N–H and O–H groups in total. The lowest BCUT2D eigenvalue weighted by Crippen LogP contribution is -1.92. The number of unbranched alkanes of at least 4 members (excludes halogenated alkanes) is 3. The number of hydrogen-bond acceptors (Lipinski definition) is 1. The molecule has 0 amide bonds. The Hall–Kier alpha value is -1.63. The third-order valence-electron chi connectivity index (χ3n) is 3.52. The molecule has 0 saturated carbocycles. The molecule has 2 aromatic carbocycles. The predicted octanol–water partition coefficient (Wildman–Crippen LogP) is 4.45. The molecular formula is C17H20O. The van der Waals surface area contributed by atoms with E-state index in [-0.39, 0.29) is 0 Å². The Morgan fingerprint density at radius 2 is 1.83 bits per heavy atom. The maximum atomic E-state index is 10.3. The van der Waals surface area contributed by atoms with Crippen LogP contribution in [0.3, 0.4) is 0 Å². The monoisotopic (exact) mass is 240 g/mol. The summed E-state index contributed by atoms with van der Waals surface area (Å²) in [5, 5.41) is 2.71. The highest BCUT2D eigenvalue weighted by Gasteiger charge is 2.04. The van der Waals surface area contributed by atoms with Gasteiger partial charge in [-0.2, -0.15) is 0 Å². The molecule has 0 saturated heterocycles. The summed E-state index contributed by atoms with van der Waals surface area (Å²) in [4.78, 5) is 10.3. The van der Waals surface area contributed by atoms with E-state index in [9.17, 15) is 4.79 Å². The zero-order valence-corrected chi connectivity index (χ0v) is 11.0. The number of benzene rings is 2. The van der Waals surface area contributed by atoms with Crippen molar-refractivity contribution in [1.82, 2.24) is 0 Å². The van der Waals surface area contributed by atoms with Crippen LogP contribution in [0.25, 0.3) is 10.8 Å². The molecule has 0 heterocycles. The first-order valence-electron chi connectivity index (χ1n) is 6.74. The molecule has 1 heteroatoms.